The largest absolute Gasteiger partial charge is 0.465 e. The van der Waals surface area contributed by atoms with Crippen molar-refractivity contribution >= 4 is 10.0 Å². The highest BCUT2D eigenvalue weighted by atomic mass is 32.2. The van der Waals surface area contributed by atoms with Gasteiger partial charge in [0.15, 0.2) is 0 Å². The van der Waals surface area contributed by atoms with Gasteiger partial charge in [0.25, 0.3) is 0 Å². The molecular weight excluding hydrogens is 280 g/mol. The standard InChI is InChI=1S/C12H18N4O3S/c1-7-4-5-11(19-7)8(2)16-20(17,18)12-9(3)14-15-10(12)6-13/h4-5,8,16H,6,13H2,1-3H3,(H,14,15). The smallest absolute Gasteiger partial charge is 0.244 e. The molecule has 0 saturated carbocycles. The van der Waals surface area contributed by atoms with Crippen LogP contribution in [0.1, 0.15) is 35.9 Å². The highest BCUT2D eigenvalue weighted by molar-refractivity contribution is 7.89. The van der Waals surface area contributed by atoms with Crippen LogP contribution < -0.4 is 10.5 Å². The van der Waals surface area contributed by atoms with Gasteiger partial charge in [-0.1, -0.05) is 0 Å². The average Bonchev–Trinajstić information content (AvgIpc) is 2.94. The van der Waals surface area contributed by atoms with Crippen LogP contribution in [0.15, 0.2) is 21.4 Å². The van der Waals surface area contributed by atoms with Gasteiger partial charge in [-0.25, -0.2) is 13.1 Å². The zero-order valence-corrected chi connectivity index (χ0v) is 12.4. The summed E-state index contributed by atoms with van der Waals surface area (Å²) in [6.45, 7) is 5.21. The third-order valence-corrected chi connectivity index (χ3v) is 4.69. The molecule has 2 aromatic heterocycles. The van der Waals surface area contributed by atoms with Crippen molar-refractivity contribution in [3.05, 3.63) is 35.0 Å². The Bertz CT molecular complexity index is 702. The zero-order valence-electron chi connectivity index (χ0n) is 11.6. The van der Waals surface area contributed by atoms with E-state index in [1.54, 1.807) is 32.9 Å². The highest BCUT2D eigenvalue weighted by Gasteiger charge is 2.26. The lowest BCUT2D eigenvalue weighted by Crippen LogP contribution is -2.28. The maximum Gasteiger partial charge on any atom is 0.244 e. The average molecular weight is 298 g/mol. The Morgan fingerprint density at radius 2 is 2.15 bits per heavy atom. The second-order valence-corrected chi connectivity index (χ2v) is 6.27. The van der Waals surface area contributed by atoms with E-state index >= 15 is 0 Å². The second kappa shape index (κ2) is 5.39. The first-order valence-electron chi connectivity index (χ1n) is 6.17. The van der Waals surface area contributed by atoms with E-state index in [0.717, 1.165) is 5.76 Å². The molecule has 2 rings (SSSR count). The van der Waals surface area contributed by atoms with Gasteiger partial charge in [0.2, 0.25) is 10.0 Å². The molecule has 0 aliphatic rings. The molecule has 7 nitrogen and oxygen atoms in total. The van der Waals surface area contributed by atoms with Crippen LogP contribution in [-0.4, -0.2) is 18.6 Å². The summed E-state index contributed by atoms with van der Waals surface area (Å²) in [6.07, 6.45) is 0. The molecule has 0 saturated heterocycles. The lowest BCUT2D eigenvalue weighted by molar-refractivity contribution is 0.441. The van der Waals surface area contributed by atoms with Crippen molar-refractivity contribution in [2.75, 3.05) is 0 Å². The van der Waals surface area contributed by atoms with Gasteiger partial charge in [-0.15, -0.1) is 0 Å². The Balaban J connectivity index is 2.29. The number of hydrogen-bond acceptors (Lipinski definition) is 5. The predicted molar refractivity (Wildman–Crippen MR) is 73.4 cm³/mol. The molecule has 20 heavy (non-hydrogen) atoms. The minimum absolute atomic E-state index is 0.0504. The van der Waals surface area contributed by atoms with Gasteiger partial charge in [0.05, 0.1) is 17.4 Å². The molecule has 1 unspecified atom stereocenters. The van der Waals surface area contributed by atoms with Gasteiger partial charge in [0.1, 0.15) is 16.4 Å². The fraction of sp³-hybridized carbons (Fsp3) is 0.417. The summed E-state index contributed by atoms with van der Waals surface area (Å²) >= 11 is 0. The minimum Gasteiger partial charge on any atom is -0.465 e. The van der Waals surface area contributed by atoms with E-state index < -0.39 is 16.1 Å². The first kappa shape index (κ1) is 14.8. The van der Waals surface area contributed by atoms with Gasteiger partial charge in [-0.05, 0) is 32.9 Å². The van der Waals surface area contributed by atoms with Crippen LogP contribution in [0, 0.1) is 13.8 Å². The van der Waals surface area contributed by atoms with Crippen molar-refractivity contribution in [1.82, 2.24) is 14.9 Å². The lowest BCUT2D eigenvalue weighted by atomic mass is 10.3. The Kier molecular flexibility index (Phi) is 3.98. The third-order valence-electron chi connectivity index (χ3n) is 2.94. The molecule has 0 aliphatic carbocycles. The number of rotatable bonds is 5. The van der Waals surface area contributed by atoms with Crippen molar-refractivity contribution in [3.8, 4) is 0 Å². The number of aromatic amines is 1. The predicted octanol–water partition coefficient (Wildman–Crippen LogP) is 1.12. The maximum absolute atomic E-state index is 12.4. The highest BCUT2D eigenvalue weighted by Crippen LogP contribution is 2.22. The molecule has 110 valence electrons. The molecule has 0 fully saturated rings. The van der Waals surface area contributed by atoms with Crippen LogP contribution in [-0.2, 0) is 16.6 Å². The number of sulfonamides is 1. The van der Waals surface area contributed by atoms with Crippen molar-refractivity contribution in [2.45, 2.75) is 38.3 Å². The SMILES string of the molecule is Cc1ccc(C(C)NS(=O)(=O)c2c(CN)n[nH]c2C)o1. The summed E-state index contributed by atoms with van der Waals surface area (Å²) in [6, 6.07) is 3.05. The Morgan fingerprint density at radius 3 is 2.70 bits per heavy atom. The molecule has 0 spiro atoms. The summed E-state index contributed by atoms with van der Waals surface area (Å²) in [4.78, 5) is 0.107. The van der Waals surface area contributed by atoms with Crippen LogP contribution in [0.2, 0.25) is 0 Å². The molecule has 0 amide bonds. The van der Waals surface area contributed by atoms with Gasteiger partial charge in [-0.3, -0.25) is 5.10 Å². The fourth-order valence-corrected chi connectivity index (χ4v) is 3.59. The van der Waals surface area contributed by atoms with E-state index in [1.807, 2.05) is 0 Å². The number of aromatic nitrogens is 2. The number of nitrogens with two attached hydrogens (primary N) is 1. The molecule has 0 bridgehead atoms. The monoisotopic (exact) mass is 298 g/mol. The van der Waals surface area contributed by atoms with Crippen molar-refractivity contribution in [2.24, 2.45) is 5.73 Å². The molecule has 4 N–H and O–H groups in total. The van der Waals surface area contributed by atoms with E-state index in [1.165, 1.54) is 0 Å². The molecule has 0 aromatic carbocycles. The topological polar surface area (TPSA) is 114 Å². The second-order valence-electron chi connectivity index (χ2n) is 4.62. The number of furan rings is 1. The number of nitrogens with one attached hydrogen (secondary N) is 2. The molecule has 2 heterocycles. The minimum atomic E-state index is -3.71. The molecule has 1 atom stereocenters. The summed E-state index contributed by atoms with van der Waals surface area (Å²) in [7, 11) is -3.71. The van der Waals surface area contributed by atoms with Crippen molar-refractivity contribution in [1.29, 1.82) is 0 Å². The Hall–Kier alpha value is -1.64. The Labute approximate surface area is 117 Å². The molecule has 0 aliphatic heterocycles. The van der Waals surface area contributed by atoms with Crippen LogP contribution in [0.5, 0.6) is 0 Å². The zero-order chi connectivity index (χ0) is 14.9. The quantitative estimate of drug-likeness (QED) is 0.765. The van der Waals surface area contributed by atoms with Crippen LogP contribution in [0.4, 0.5) is 0 Å². The van der Waals surface area contributed by atoms with E-state index in [2.05, 4.69) is 14.9 Å². The van der Waals surface area contributed by atoms with Crippen LogP contribution in [0.3, 0.4) is 0 Å². The number of nitrogens with zero attached hydrogens (tertiary/aromatic N) is 1. The summed E-state index contributed by atoms with van der Waals surface area (Å²) in [5, 5.41) is 6.53. The summed E-state index contributed by atoms with van der Waals surface area (Å²) < 4.78 is 32.8. The normalized spacial score (nSPS) is 13.6. The third kappa shape index (κ3) is 2.77. The van der Waals surface area contributed by atoms with E-state index in [-0.39, 0.29) is 11.4 Å². The molecule has 0 radical (unpaired) electrons. The first-order valence-corrected chi connectivity index (χ1v) is 7.66. The van der Waals surface area contributed by atoms with Gasteiger partial charge < -0.3 is 10.2 Å². The van der Waals surface area contributed by atoms with Gasteiger partial charge in [0, 0.05) is 6.54 Å². The summed E-state index contributed by atoms with van der Waals surface area (Å²) in [5.41, 5.74) is 6.29. The lowest BCUT2D eigenvalue weighted by Gasteiger charge is -2.12. The van der Waals surface area contributed by atoms with Crippen LogP contribution >= 0.6 is 0 Å². The molecule has 2 aromatic rings. The fourth-order valence-electron chi connectivity index (χ4n) is 2.00. The first-order chi connectivity index (χ1) is 9.35. The summed E-state index contributed by atoms with van der Waals surface area (Å²) in [5.74, 6) is 1.29. The number of aryl methyl sites for hydroxylation is 2. The maximum atomic E-state index is 12.4. The molecule has 8 heteroatoms. The van der Waals surface area contributed by atoms with Gasteiger partial charge in [-0.2, -0.15) is 5.10 Å². The molecular formula is C12H18N4O3S. The van der Waals surface area contributed by atoms with E-state index in [9.17, 15) is 8.42 Å². The van der Waals surface area contributed by atoms with Crippen LogP contribution in [0.25, 0.3) is 0 Å². The van der Waals surface area contributed by atoms with Crippen molar-refractivity contribution in [3.63, 3.8) is 0 Å². The number of hydrogen-bond donors (Lipinski definition) is 3. The van der Waals surface area contributed by atoms with Crippen molar-refractivity contribution < 1.29 is 12.8 Å². The van der Waals surface area contributed by atoms with E-state index in [4.69, 9.17) is 10.2 Å². The van der Waals surface area contributed by atoms with Gasteiger partial charge >= 0.3 is 0 Å². The number of H-pyrrole nitrogens is 1. The van der Waals surface area contributed by atoms with E-state index in [0.29, 0.717) is 17.1 Å². The Morgan fingerprint density at radius 1 is 1.45 bits per heavy atom.